The van der Waals surface area contributed by atoms with E-state index >= 15 is 0 Å². The standard InChI is InChI=1S/C15H13F4N5O/c1-3-14(2,24-8-9(16)6-22-24)13(25)23-10-4-11(15(17,18)19)12(5-20)21-7-10/h4,6-8H,3H2,1-2H3,(H,23,25). The number of pyridine rings is 1. The minimum Gasteiger partial charge on any atom is -0.323 e. The molecule has 1 N–H and O–H groups in total. The fourth-order valence-electron chi connectivity index (χ4n) is 2.10. The number of nitrogens with zero attached hydrogens (tertiary/aromatic N) is 4. The molecule has 1 atom stereocenters. The van der Waals surface area contributed by atoms with Crippen molar-refractivity contribution in [2.24, 2.45) is 0 Å². The molecule has 0 saturated heterocycles. The van der Waals surface area contributed by atoms with Gasteiger partial charge in [-0.2, -0.15) is 23.5 Å². The van der Waals surface area contributed by atoms with E-state index < -0.39 is 34.7 Å². The molecule has 0 saturated carbocycles. The van der Waals surface area contributed by atoms with Crippen molar-refractivity contribution in [1.82, 2.24) is 14.8 Å². The van der Waals surface area contributed by atoms with E-state index in [9.17, 15) is 22.4 Å². The molecule has 2 heterocycles. The highest BCUT2D eigenvalue weighted by molar-refractivity contribution is 5.96. The molecular formula is C15H13F4N5O. The number of alkyl halides is 3. The van der Waals surface area contributed by atoms with E-state index in [0.29, 0.717) is 6.07 Å². The van der Waals surface area contributed by atoms with Gasteiger partial charge < -0.3 is 5.32 Å². The van der Waals surface area contributed by atoms with E-state index in [1.54, 1.807) is 6.92 Å². The first-order valence-electron chi connectivity index (χ1n) is 7.11. The normalized spacial score (nSPS) is 13.8. The lowest BCUT2D eigenvalue weighted by Crippen LogP contribution is -2.43. The molecule has 0 aromatic carbocycles. The van der Waals surface area contributed by atoms with Crippen LogP contribution in [0.15, 0.2) is 24.7 Å². The van der Waals surface area contributed by atoms with Crippen LogP contribution in [-0.2, 0) is 16.5 Å². The minimum absolute atomic E-state index is 0.204. The van der Waals surface area contributed by atoms with Crippen molar-refractivity contribution in [3.05, 3.63) is 41.7 Å². The maximum Gasteiger partial charge on any atom is 0.419 e. The maximum absolute atomic E-state index is 13.2. The zero-order chi connectivity index (χ0) is 18.8. The summed E-state index contributed by atoms with van der Waals surface area (Å²) in [5.74, 6) is -1.34. The van der Waals surface area contributed by atoms with Gasteiger partial charge in [0.15, 0.2) is 11.5 Å². The molecule has 0 radical (unpaired) electrons. The van der Waals surface area contributed by atoms with Gasteiger partial charge in [0.25, 0.3) is 5.91 Å². The van der Waals surface area contributed by atoms with Crippen LogP contribution in [0.1, 0.15) is 31.5 Å². The highest BCUT2D eigenvalue weighted by Crippen LogP contribution is 2.33. The molecule has 0 aliphatic heterocycles. The summed E-state index contributed by atoms with van der Waals surface area (Å²) in [6.45, 7) is 3.12. The van der Waals surface area contributed by atoms with Crippen molar-refractivity contribution in [2.45, 2.75) is 32.0 Å². The first-order valence-corrected chi connectivity index (χ1v) is 7.11. The highest BCUT2D eigenvalue weighted by atomic mass is 19.4. The average molecular weight is 355 g/mol. The quantitative estimate of drug-likeness (QED) is 0.855. The Hall–Kier alpha value is -2.96. The lowest BCUT2D eigenvalue weighted by Gasteiger charge is -2.27. The molecule has 2 aromatic heterocycles. The van der Waals surface area contributed by atoms with Crippen LogP contribution in [-0.4, -0.2) is 20.7 Å². The third-order valence-electron chi connectivity index (χ3n) is 3.79. The van der Waals surface area contributed by atoms with Gasteiger partial charge in [0.1, 0.15) is 11.6 Å². The second-order valence-corrected chi connectivity index (χ2v) is 5.41. The number of amides is 1. The van der Waals surface area contributed by atoms with E-state index in [4.69, 9.17) is 5.26 Å². The zero-order valence-electron chi connectivity index (χ0n) is 13.2. The Kier molecular flexibility index (Phi) is 4.78. The third-order valence-corrected chi connectivity index (χ3v) is 3.79. The Morgan fingerprint density at radius 3 is 2.56 bits per heavy atom. The lowest BCUT2D eigenvalue weighted by molar-refractivity contribution is -0.138. The molecule has 25 heavy (non-hydrogen) atoms. The van der Waals surface area contributed by atoms with E-state index in [-0.39, 0.29) is 12.1 Å². The molecule has 2 rings (SSSR count). The van der Waals surface area contributed by atoms with Gasteiger partial charge in [-0.1, -0.05) is 6.92 Å². The van der Waals surface area contributed by atoms with Crippen LogP contribution in [0.25, 0.3) is 0 Å². The number of rotatable bonds is 4. The summed E-state index contributed by atoms with van der Waals surface area (Å²) in [6.07, 6.45) is -1.70. The summed E-state index contributed by atoms with van der Waals surface area (Å²) in [4.78, 5) is 15.9. The van der Waals surface area contributed by atoms with E-state index in [0.717, 1.165) is 23.3 Å². The van der Waals surface area contributed by atoms with Crippen LogP contribution in [0, 0.1) is 17.1 Å². The Morgan fingerprint density at radius 2 is 2.08 bits per heavy atom. The number of hydrogen-bond donors (Lipinski definition) is 1. The molecule has 0 fully saturated rings. The topological polar surface area (TPSA) is 83.6 Å². The van der Waals surface area contributed by atoms with Crippen molar-refractivity contribution in [1.29, 1.82) is 5.26 Å². The first-order chi connectivity index (χ1) is 11.6. The Labute approximate surface area is 140 Å². The van der Waals surface area contributed by atoms with Gasteiger partial charge in [-0.3, -0.25) is 9.48 Å². The van der Waals surface area contributed by atoms with Gasteiger partial charge in [-0.15, -0.1) is 0 Å². The molecule has 0 aliphatic rings. The Morgan fingerprint density at radius 1 is 1.40 bits per heavy atom. The van der Waals surface area contributed by atoms with Crippen LogP contribution < -0.4 is 5.32 Å². The van der Waals surface area contributed by atoms with Crippen LogP contribution in [0.2, 0.25) is 0 Å². The number of halogens is 4. The molecular weight excluding hydrogens is 342 g/mol. The summed E-state index contributed by atoms with van der Waals surface area (Å²) < 4.78 is 53.2. The third kappa shape index (κ3) is 3.60. The van der Waals surface area contributed by atoms with Gasteiger partial charge in [0, 0.05) is 0 Å². The van der Waals surface area contributed by atoms with Crippen LogP contribution in [0.3, 0.4) is 0 Å². The fourth-order valence-corrected chi connectivity index (χ4v) is 2.10. The predicted molar refractivity (Wildman–Crippen MR) is 78.7 cm³/mol. The number of nitrogens with one attached hydrogen (secondary N) is 1. The second kappa shape index (κ2) is 6.51. The molecule has 1 amide bonds. The van der Waals surface area contributed by atoms with E-state index in [1.165, 1.54) is 13.0 Å². The first kappa shape index (κ1) is 18.4. The molecule has 0 spiro atoms. The van der Waals surface area contributed by atoms with Crippen molar-refractivity contribution >= 4 is 11.6 Å². The number of anilines is 1. The fraction of sp³-hybridized carbons (Fsp3) is 0.333. The van der Waals surface area contributed by atoms with Crippen LogP contribution >= 0.6 is 0 Å². The van der Waals surface area contributed by atoms with Gasteiger partial charge in [0.05, 0.1) is 29.8 Å². The van der Waals surface area contributed by atoms with Gasteiger partial charge in [-0.05, 0) is 19.4 Å². The molecule has 132 valence electrons. The molecule has 2 aromatic rings. The number of nitriles is 1. The smallest absolute Gasteiger partial charge is 0.323 e. The van der Waals surface area contributed by atoms with Crippen LogP contribution in [0.5, 0.6) is 0 Å². The summed E-state index contributed by atoms with van der Waals surface area (Å²) in [5.41, 5.74) is -3.60. The SMILES string of the molecule is CCC(C)(C(=O)Nc1cnc(C#N)c(C(F)(F)F)c1)n1cc(F)cn1. The summed E-state index contributed by atoms with van der Waals surface area (Å²) in [5, 5.41) is 14.8. The lowest BCUT2D eigenvalue weighted by atomic mass is 9.98. The second-order valence-electron chi connectivity index (χ2n) is 5.41. The Bertz CT molecular complexity index is 839. The highest BCUT2D eigenvalue weighted by Gasteiger charge is 2.37. The molecule has 0 bridgehead atoms. The molecule has 1 unspecified atom stereocenters. The molecule has 0 aliphatic carbocycles. The molecule has 10 heteroatoms. The minimum atomic E-state index is -4.79. The van der Waals surface area contributed by atoms with Crippen molar-refractivity contribution in [3.63, 3.8) is 0 Å². The van der Waals surface area contributed by atoms with E-state index in [1.807, 2.05) is 0 Å². The summed E-state index contributed by atoms with van der Waals surface area (Å²) >= 11 is 0. The van der Waals surface area contributed by atoms with E-state index in [2.05, 4.69) is 15.4 Å². The number of carbonyl (C=O) groups is 1. The van der Waals surface area contributed by atoms with Crippen molar-refractivity contribution in [3.8, 4) is 6.07 Å². The Balaban J connectivity index is 2.35. The largest absolute Gasteiger partial charge is 0.419 e. The predicted octanol–water partition coefficient (Wildman–Crippen LogP) is 3.07. The average Bonchev–Trinajstić information content (AvgIpc) is 3.00. The summed E-state index contributed by atoms with van der Waals surface area (Å²) in [7, 11) is 0. The maximum atomic E-state index is 13.2. The summed E-state index contributed by atoms with van der Waals surface area (Å²) in [6, 6.07) is 1.98. The number of hydrogen-bond acceptors (Lipinski definition) is 4. The number of aromatic nitrogens is 3. The van der Waals surface area contributed by atoms with Gasteiger partial charge in [-0.25, -0.2) is 9.37 Å². The zero-order valence-corrected chi connectivity index (χ0v) is 13.2. The monoisotopic (exact) mass is 355 g/mol. The van der Waals surface area contributed by atoms with Gasteiger partial charge >= 0.3 is 6.18 Å². The van der Waals surface area contributed by atoms with Crippen molar-refractivity contribution < 1.29 is 22.4 Å². The van der Waals surface area contributed by atoms with Gasteiger partial charge in [0.2, 0.25) is 0 Å². The van der Waals surface area contributed by atoms with Crippen molar-refractivity contribution in [2.75, 3.05) is 5.32 Å². The molecule has 6 nitrogen and oxygen atoms in total. The number of carbonyl (C=O) groups excluding carboxylic acids is 1. The van der Waals surface area contributed by atoms with Crippen LogP contribution in [0.4, 0.5) is 23.2 Å².